The quantitative estimate of drug-likeness (QED) is 0.384. The second kappa shape index (κ2) is 5.44. The fourth-order valence-corrected chi connectivity index (χ4v) is 2.17. The topological polar surface area (TPSA) is 67.6 Å². The molecule has 15 heavy (non-hydrogen) atoms. The molecule has 0 bridgehead atoms. The number of hydrazine groups is 1. The van der Waals surface area contributed by atoms with Gasteiger partial charge in [-0.1, -0.05) is 13.8 Å². The maximum absolute atomic E-state index is 11.6. The number of hydrogen-bond acceptors (Lipinski definition) is 4. The third kappa shape index (κ3) is 2.90. The van der Waals surface area contributed by atoms with Gasteiger partial charge < -0.3 is 4.74 Å². The number of amides is 1. The number of methoxy groups -OCH3 is 1. The zero-order chi connectivity index (χ0) is 11.4. The van der Waals surface area contributed by atoms with Crippen molar-refractivity contribution in [2.45, 2.75) is 32.4 Å². The van der Waals surface area contributed by atoms with E-state index in [1.807, 2.05) is 13.8 Å². The van der Waals surface area contributed by atoms with Crippen molar-refractivity contribution in [2.75, 3.05) is 20.2 Å². The van der Waals surface area contributed by atoms with Crippen LogP contribution in [0.2, 0.25) is 0 Å². The first-order chi connectivity index (χ1) is 7.10. The summed E-state index contributed by atoms with van der Waals surface area (Å²) in [6, 6.07) is -0.143. The van der Waals surface area contributed by atoms with Crippen molar-refractivity contribution in [1.29, 1.82) is 0 Å². The Labute approximate surface area is 90.9 Å². The number of nitrogens with two attached hydrogens (primary N) is 1. The van der Waals surface area contributed by atoms with Crippen LogP contribution in [0.3, 0.4) is 0 Å². The highest BCUT2D eigenvalue weighted by molar-refractivity contribution is 5.81. The van der Waals surface area contributed by atoms with E-state index in [0.29, 0.717) is 0 Å². The van der Waals surface area contributed by atoms with E-state index in [0.717, 1.165) is 19.5 Å². The highest BCUT2D eigenvalue weighted by atomic mass is 16.5. The average Bonchev–Trinajstić information content (AvgIpc) is 2.65. The predicted molar refractivity (Wildman–Crippen MR) is 57.9 cm³/mol. The van der Waals surface area contributed by atoms with Crippen LogP contribution in [0.25, 0.3) is 0 Å². The van der Waals surface area contributed by atoms with Gasteiger partial charge in [0.15, 0.2) is 0 Å². The summed E-state index contributed by atoms with van der Waals surface area (Å²) in [5, 5.41) is 0. The van der Waals surface area contributed by atoms with E-state index in [9.17, 15) is 4.79 Å². The van der Waals surface area contributed by atoms with E-state index in [2.05, 4.69) is 10.3 Å². The number of hydrogen-bond donors (Lipinski definition) is 2. The molecule has 1 aliphatic rings. The van der Waals surface area contributed by atoms with E-state index in [1.165, 1.54) is 0 Å². The third-order valence-electron chi connectivity index (χ3n) is 2.95. The molecule has 2 unspecified atom stereocenters. The van der Waals surface area contributed by atoms with Gasteiger partial charge >= 0.3 is 0 Å². The van der Waals surface area contributed by atoms with Crippen LogP contribution in [0.15, 0.2) is 0 Å². The van der Waals surface area contributed by atoms with Crippen LogP contribution in [0, 0.1) is 5.92 Å². The molecule has 3 N–H and O–H groups in total. The number of carbonyl (C=O) groups excluding carboxylic acids is 1. The number of likely N-dealkylation sites (tertiary alicyclic amines) is 1. The fraction of sp³-hybridized carbons (Fsp3) is 0.900. The Hall–Kier alpha value is -0.650. The molecule has 0 spiro atoms. The smallest absolute Gasteiger partial charge is 0.251 e. The lowest BCUT2D eigenvalue weighted by Gasteiger charge is -2.29. The highest BCUT2D eigenvalue weighted by Crippen LogP contribution is 2.19. The molecule has 5 heteroatoms. The van der Waals surface area contributed by atoms with Crippen molar-refractivity contribution in [1.82, 2.24) is 10.3 Å². The van der Waals surface area contributed by atoms with E-state index in [1.54, 1.807) is 7.11 Å². The fourth-order valence-electron chi connectivity index (χ4n) is 2.17. The monoisotopic (exact) mass is 215 g/mol. The Bertz CT molecular complexity index is 221. The van der Waals surface area contributed by atoms with Gasteiger partial charge in [-0.3, -0.25) is 15.1 Å². The van der Waals surface area contributed by atoms with Gasteiger partial charge in [-0.15, -0.1) is 0 Å². The maximum Gasteiger partial charge on any atom is 0.251 e. The van der Waals surface area contributed by atoms with Crippen molar-refractivity contribution in [3.05, 3.63) is 0 Å². The maximum atomic E-state index is 11.6. The molecule has 0 aliphatic carbocycles. The van der Waals surface area contributed by atoms with Gasteiger partial charge in [0.1, 0.15) is 0 Å². The molecule has 0 saturated carbocycles. The van der Waals surface area contributed by atoms with E-state index in [-0.39, 0.29) is 24.0 Å². The molecule has 0 aromatic heterocycles. The van der Waals surface area contributed by atoms with E-state index >= 15 is 0 Å². The van der Waals surface area contributed by atoms with Crippen molar-refractivity contribution in [3.63, 3.8) is 0 Å². The summed E-state index contributed by atoms with van der Waals surface area (Å²) in [7, 11) is 1.71. The first kappa shape index (κ1) is 12.4. The summed E-state index contributed by atoms with van der Waals surface area (Å²) in [5.41, 5.74) is 2.23. The van der Waals surface area contributed by atoms with Gasteiger partial charge in [-0.2, -0.15) is 0 Å². The molecular weight excluding hydrogens is 194 g/mol. The number of rotatable bonds is 4. The predicted octanol–water partition coefficient (Wildman–Crippen LogP) is -0.278. The minimum absolute atomic E-state index is 0.109. The standard InChI is InChI=1S/C10H21N3O2/c1-7(2)9(10(14)12-11)13-5-4-8(6-13)15-3/h7-9H,4-6,11H2,1-3H3,(H,12,14). The van der Waals surface area contributed by atoms with Crippen molar-refractivity contribution >= 4 is 5.91 Å². The van der Waals surface area contributed by atoms with E-state index in [4.69, 9.17) is 10.6 Å². The van der Waals surface area contributed by atoms with Crippen LogP contribution in [-0.2, 0) is 9.53 Å². The van der Waals surface area contributed by atoms with Gasteiger partial charge in [-0.25, -0.2) is 5.84 Å². The zero-order valence-electron chi connectivity index (χ0n) is 9.69. The molecule has 2 atom stereocenters. The highest BCUT2D eigenvalue weighted by Gasteiger charge is 2.33. The average molecular weight is 215 g/mol. The Morgan fingerprint density at radius 1 is 1.60 bits per heavy atom. The molecule has 1 fully saturated rings. The molecule has 1 rings (SSSR count). The summed E-state index contributed by atoms with van der Waals surface area (Å²) in [5.74, 6) is 5.33. The van der Waals surface area contributed by atoms with Gasteiger partial charge in [0, 0.05) is 20.2 Å². The molecule has 1 heterocycles. The molecule has 5 nitrogen and oxygen atoms in total. The lowest BCUT2D eigenvalue weighted by molar-refractivity contribution is -0.127. The Morgan fingerprint density at radius 2 is 2.27 bits per heavy atom. The number of nitrogens with zero attached hydrogens (tertiary/aromatic N) is 1. The molecule has 0 aromatic carbocycles. The summed E-state index contributed by atoms with van der Waals surface area (Å²) in [4.78, 5) is 13.8. The summed E-state index contributed by atoms with van der Waals surface area (Å²) < 4.78 is 5.28. The second-order valence-electron chi connectivity index (χ2n) is 4.34. The Kier molecular flexibility index (Phi) is 4.50. The zero-order valence-corrected chi connectivity index (χ0v) is 9.69. The first-order valence-electron chi connectivity index (χ1n) is 5.37. The van der Waals surface area contributed by atoms with Crippen molar-refractivity contribution < 1.29 is 9.53 Å². The lowest BCUT2D eigenvalue weighted by Crippen LogP contribution is -2.51. The van der Waals surface area contributed by atoms with Crippen LogP contribution in [0.5, 0.6) is 0 Å². The molecular formula is C10H21N3O2. The Balaban J connectivity index is 2.61. The normalized spacial score (nSPS) is 24.5. The third-order valence-corrected chi connectivity index (χ3v) is 2.95. The van der Waals surface area contributed by atoms with Gasteiger partial charge in [0.2, 0.25) is 0 Å². The van der Waals surface area contributed by atoms with Crippen LogP contribution in [-0.4, -0.2) is 43.2 Å². The van der Waals surface area contributed by atoms with Gasteiger partial charge in [0.25, 0.3) is 5.91 Å². The van der Waals surface area contributed by atoms with Crippen LogP contribution in [0.1, 0.15) is 20.3 Å². The van der Waals surface area contributed by atoms with Gasteiger partial charge in [0.05, 0.1) is 12.1 Å². The molecule has 88 valence electrons. The minimum atomic E-state index is -0.143. The summed E-state index contributed by atoms with van der Waals surface area (Å²) in [6.07, 6.45) is 1.23. The molecule has 1 saturated heterocycles. The Morgan fingerprint density at radius 3 is 2.67 bits per heavy atom. The van der Waals surface area contributed by atoms with Gasteiger partial charge in [-0.05, 0) is 12.3 Å². The lowest BCUT2D eigenvalue weighted by atomic mass is 10.0. The van der Waals surface area contributed by atoms with Crippen LogP contribution in [0.4, 0.5) is 0 Å². The number of ether oxygens (including phenoxy) is 1. The van der Waals surface area contributed by atoms with Crippen molar-refractivity contribution in [2.24, 2.45) is 11.8 Å². The number of carbonyl (C=O) groups is 1. The summed E-state index contributed by atoms with van der Waals surface area (Å²) in [6.45, 7) is 5.77. The summed E-state index contributed by atoms with van der Waals surface area (Å²) >= 11 is 0. The van der Waals surface area contributed by atoms with E-state index < -0.39 is 0 Å². The SMILES string of the molecule is COC1CCN(C(C(=O)NN)C(C)C)C1. The molecule has 1 amide bonds. The second-order valence-corrected chi connectivity index (χ2v) is 4.34. The minimum Gasteiger partial charge on any atom is -0.380 e. The molecule has 1 aliphatic heterocycles. The molecule has 0 radical (unpaired) electrons. The number of nitrogens with one attached hydrogen (secondary N) is 1. The van der Waals surface area contributed by atoms with Crippen LogP contribution >= 0.6 is 0 Å². The first-order valence-corrected chi connectivity index (χ1v) is 5.37. The van der Waals surface area contributed by atoms with Crippen LogP contribution < -0.4 is 11.3 Å². The largest absolute Gasteiger partial charge is 0.380 e. The molecule has 0 aromatic rings. The van der Waals surface area contributed by atoms with Crippen molar-refractivity contribution in [3.8, 4) is 0 Å².